The van der Waals surface area contributed by atoms with Crippen LogP contribution in [0.1, 0.15) is 32.0 Å². The van der Waals surface area contributed by atoms with E-state index in [0.717, 1.165) is 22.9 Å². The minimum absolute atomic E-state index is 0.0482. The van der Waals surface area contributed by atoms with Gasteiger partial charge >= 0.3 is 0 Å². The molecule has 0 saturated heterocycles. The van der Waals surface area contributed by atoms with E-state index in [4.69, 9.17) is 11.6 Å². The van der Waals surface area contributed by atoms with E-state index in [1.165, 1.54) is 5.56 Å². The Morgan fingerprint density at radius 3 is 2.68 bits per heavy atom. The van der Waals surface area contributed by atoms with E-state index in [-0.39, 0.29) is 5.41 Å². The van der Waals surface area contributed by atoms with Crippen LogP contribution in [0.15, 0.2) is 30.5 Å². The van der Waals surface area contributed by atoms with Gasteiger partial charge in [0, 0.05) is 41.5 Å². The van der Waals surface area contributed by atoms with Gasteiger partial charge in [-0.25, -0.2) is 0 Å². The summed E-state index contributed by atoms with van der Waals surface area (Å²) in [6, 6.07) is 7.75. The Labute approximate surface area is 119 Å². The fourth-order valence-electron chi connectivity index (χ4n) is 2.09. The van der Waals surface area contributed by atoms with Gasteiger partial charge in [0.1, 0.15) is 0 Å². The first-order valence-electron chi connectivity index (χ1n) is 6.39. The molecule has 2 rings (SSSR count). The Kier molecular flexibility index (Phi) is 3.85. The molecule has 0 amide bonds. The van der Waals surface area contributed by atoms with Crippen LogP contribution in [0.5, 0.6) is 0 Å². The fourth-order valence-corrected chi connectivity index (χ4v) is 2.28. The fraction of sp³-hybridized carbons (Fsp3) is 0.400. The zero-order chi connectivity index (χ0) is 14.0. The number of halogens is 1. The summed E-state index contributed by atoms with van der Waals surface area (Å²) in [5.41, 5.74) is 3.42. The molecule has 0 unspecified atom stereocenters. The lowest BCUT2D eigenvalue weighted by Crippen LogP contribution is -2.16. The molecule has 19 heavy (non-hydrogen) atoms. The van der Waals surface area contributed by atoms with E-state index in [9.17, 15) is 0 Å². The number of aromatic nitrogens is 2. The maximum atomic E-state index is 5.98. The summed E-state index contributed by atoms with van der Waals surface area (Å²) in [5.74, 6) is 0. The summed E-state index contributed by atoms with van der Waals surface area (Å²) >= 11 is 5.98. The average Bonchev–Trinajstić information content (AvgIpc) is 2.68. The summed E-state index contributed by atoms with van der Waals surface area (Å²) in [6.45, 7) is 7.29. The number of rotatable bonds is 3. The van der Waals surface area contributed by atoms with Crippen LogP contribution in [0.25, 0.3) is 0 Å². The predicted molar refractivity (Wildman–Crippen MR) is 80.7 cm³/mol. The standard InChI is InChI=1S/C15H20ClN3/c1-15(2,3)14-11(10-19(4)18-14)9-17-13-7-5-6-12(16)8-13/h5-8,10,17H,9H2,1-4H3. The highest BCUT2D eigenvalue weighted by atomic mass is 35.5. The third kappa shape index (κ3) is 3.51. The van der Waals surface area contributed by atoms with Gasteiger partial charge in [0.2, 0.25) is 0 Å². The number of benzene rings is 1. The molecule has 1 aromatic heterocycles. The highest BCUT2D eigenvalue weighted by Crippen LogP contribution is 2.25. The number of aryl methyl sites for hydroxylation is 1. The van der Waals surface area contributed by atoms with Gasteiger partial charge in [-0.05, 0) is 18.2 Å². The van der Waals surface area contributed by atoms with E-state index in [2.05, 4.69) is 37.4 Å². The molecule has 0 radical (unpaired) electrons. The van der Waals surface area contributed by atoms with Gasteiger partial charge in [-0.1, -0.05) is 38.4 Å². The first-order chi connectivity index (χ1) is 8.86. The molecule has 1 N–H and O–H groups in total. The summed E-state index contributed by atoms with van der Waals surface area (Å²) in [7, 11) is 1.96. The summed E-state index contributed by atoms with van der Waals surface area (Å²) in [5, 5.41) is 8.69. The number of hydrogen-bond acceptors (Lipinski definition) is 2. The van der Waals surface area contributed by atoms with Gasteiger partial charge in [-0.2, -0.15) is 5.10 Å². The van der Waals surface area contributed by atoms with Crippen LogP contribution in [0, 0.1) is 0 Å². The van der Waals surface area contributed by atoms with Crippen molar-refractivity contribution in [2.45, 2.75) is 32.7 Å². The van der Waals surface area contributed by atoms with Crippen molar-refractivity contribution < 1.29 is 0 Å². The molecule has 0 fully saturated rings. The number of hydrogen-bond donors (Lipinski definition) is 1. The first-order valence-corrected chi connectivity index (χ1v) is 6.76. The molecule has 0 bridgehead atoms. The first kappa shape index (κ1) is 13.9. The van der Waals surface area contributed by atoms with E-state index >= 15 is 0 Å². The molecular weight excluding hydrogens is 258 g/mol. The van der Waals surface area contributed by atoms with Gasteiger partial charge in [0.05, 0.1) is 5.69 Å². The van der Waals surface area contributed by atoms with E-state index in [0.29, 0.717) is 0 Å². The monoisotopic (exact) mass is 277 g/mol. The lowest BCUT2D eigenvalue weighted by molar-refractivity contribution is 0.549. The van der Waals surface area contributed by atoms with Gasteiger partial charge in [0.15, 0.2) is 0 Å². The van der Waals surface area contributed by atoms with Gasteiger partial charge in [-0.15, -0.1) is 0 Å². The minimum Gasteiger partial charge on any atom is -0.381 e. The smallest absolute Gasteiger partial charge is 0.0727 e. The number of nitrogens with one attached hydrogen (secondary N) is 1. The Balaban J connectivity index is 2.16. The second kappa shape index (κ2) is 5.25. The van der Waals surface area contributed by atoms with Crippen LogP contribution in [0.3, 0.4) is 0 Å². The molecule has 0 aliphatic rings. The van der Waals surface area contributed by atoms with Gasteiger partial charge < -0.3 is 5.32 Å². The van der Waals surface area contributed by atoms with Crippen molar-refractivity contribution in [2.75, 3.05) is 5.32 Å². The molecule has 1 aromatic carbocycles. The van der Waals surface area contributed by atoms with Gasteiger partial charge in [0.25, 0.3) is 0 Å². The lowest BCUT2D eigenvalue weighted by atomic mass is 9.89. The largest absolute Gasteiger partial charge is 0.381 e. The third-order valence-electron chi connectivity index (χ3n) is 2.92. The van der Waals surface area contributed by atoms with Crippen molar-refractivity contribution in [1.82, 2.24) is 9.78 Å². The van der Waals surface area contributed by atoms with Crippen molar-refractivity contribution in [1.29, 1.82) is 0 Å². The van der Waals surface area contributed by atoms with Crippen LogP contribution in [-0.4, -0.2) is 9.78 Å². The maximum absolute atomic E-state index is 5.98. The minimum atomic E-state index is 0.0482. The molecule has 2 aromatic rings. The van der Waals surface area contributed by atoms with Crippen molar-refractivity contribution in [2.24, 2.45) is 7.05 Å². The topological polar surface area (TPSA) is 29.9 Å². The van der Waals surface area contributed by atoms with Gasteiger partial charge in [-0.3, -0.25) is 4.68 Å². The molecule has 1 heterocycles. The van der Waals surface area contributed by atoms with E-state index < -0.39 is 0 Å². The zero-order valence-corrected chi connectivity index (χ0v) is 12.6. The van der Waals surface area contributed by atoms with Crippen molar-refractivity contribution in [3.63, 3.8) is 0 Å². The summed E-state index contributed by atoms with van der Waals surface area (Å²) in [4.78, 5) is 0. The van der Waals surface area contributed by atoms with Crippen molar-refractivity contribution in [3.8, 4) is 0 Å². The highest BCUT2D eigenvalue weighted by Gasteiger charge is 2.21. The SMILES string of the molecule is Cn1cc(CNc2cccc(Cl)c2)c(C(C)(C)C)n1. The lowest BCUT2D eigenvalue weighted by Gasteiger charge is -2.18. The average molecular weight is 278 g/mol. The Morgan fingerprint density at radius 1 is 1.32 bits per heavy atom. The molecule has 0 atom stereocenters. The Hall–Kier alpha value is -1.48. The number of anilines is 1. The second-order valence-corrected chi connectivity index (χ2v) is 6.23. The molecule has 0 aliphatic heterocycles. The van der Waals surface area contributed by atoms with E-state index in [1.807, 2.05) is 36.0 Å². The van der Waals surface area contributed by atoms with E-state index in [1.54, 1.807) is 0 Å². The van der Waals surface area contributed by atoms with Crippen LogP contribution in [0.2, 0.25) is 5.02 Å². The highest BCUT2D eigenvalue weighted by molar-refractivity contribution is 6.30. The molecular formula is C15H20ClN3. The normalized spacial score (nSPS) is 11.6. The van der Waals surface area contributed by atoms with Crippen LogP contribution >= 0.6 is 11.6 Å². The van der Waals surface area contributed by atoms with Crippen molar-refractivity contribution >= 4 is 17.3 Å². The molecule has 0 spiro atoms. The van der Waals surface area contributed by atoms with Crippen molar-refractivity contribution in [3.05, 3.63) is 46.7 Å². The van der Waals surface area contributed by atoms with Crippen LogP contribution < -0.4 is 5.32 Å². The molecule has 4 heteroatoms. The second-order valence-electron chi connectivity index (χ2n) is 5.79. The predicted octanol–water partition coefficient (Wildman–Crippen LogP) is 3.98. The molecule has 3 nitrogen and oxygen atoms in total. The van der Waals surface area contributed by atoms with Crippen LogP contribution in [-0.2, 0) is 19.0 Å². The molecule has 102 valence electrons. The third-order valence-corrected chi connectivity index (χ3v) is 3.16. The number of nitrogens with zero attached hydrogens (tertiary/aromatic N) is 2. The summed E-state index contributed by atoms with van der Waals surface area (Å²) < 4.78 is 1.87. The molecule has 0 aliphatic carbocycles. The van der Waals surface area contributed by atoms with Crippen LogP contribution in [0.4, 0.5) is 5.69 Å². The Bertz CT molecular complexity index is 567. The molecule has 0 saturated carbocycles. The zero-order valence-electron chi connectivity index (χ0n) is 11.9. The summed E-state index contributed by atoms with van der Waals surface area (Å²) in [6.07, 6.45) is 2.07. The quantitative estimate of drug-likeness (QED) is 0.920. The maximum Gasteiger partial charge on any atom is 0.0727 e. The Morgan fingerprint density at radius 2 is 2.05 bits per heavy atom.